The third kappa shape index (κ3) is 3.60. The number of para-hydroxylation sites is 1. The minimum Gasteiger partial charge on any atom is -0.462 e. The molecule has 1 aromatic carbocycles. The fourth-order valence-electron chi connectivity index (χ4n) is 2.12. The molecular formula is C17H16N4O2. The molecule has 0 spiro atoms. The standard InChI is InChI=1S/C17H16N4O2/c1-21(16(22)13-6-8-18-9-7-13)10-11-23-17-19-12-14-4-2-3-5-15(14)20-17/h2-9,12H,10-11H2,1H3. The molecule has 23 heavy (non-hydrogen) atoms. The predicted octanol–water partition coefficient (Wildman–Crippen LogP) is 2.18. The highest BCUT2D eigenvalue weighted by molar-refractivity contribution is 5.93. The molecule has 2 aromatic heterocycles. The fraction of sp³-hybridized carbons (Fsp3) is 0.176. The molecule has 0 N–H and O–H groups in total. The quantitative estimate of drug-likeness (QED) is 0.722. The van der Waals surface area contributed by atoms with E-state index < -0.39 is 0 Å². The lowest BCUT2D eigenvalue weighted by Gasteiger charge is -2.17. The van der Waals surface area contributed by atoms with Gasteiger partial charge in [-0.25, -0.2) is 4.98 Å². The van der Waals surface area contributed by atoms with Crippen LogP contribution in [0.5, 0.6) is 6.01 Å². The monoisotopic (exact) mass is 308 g/mol. The molecule has 0 bridgehead atoms. The van der Waals surface area contributed by atoms with Gasteiger partial charge in [-0.3, -0.25) is 9.78 Å². The second-order valence-corrected chi connectivity index (χ2v) is 5.02. The third-order valence-electron chi connectivity index (χ3n) is 3.40. The van der Waals surface area contributed by atoms with E-state index in [2.05, 4.69) is 15.0 Å². The molecule has 0 saturated heterocycles. The molecule has 1 amide bonds. The van der Waals surface area contributed by atoms with Gasteiger partial charge in [-0.05, 0) is 18.2 Å². The van der Waals surface area contributed by atoms with Crippen molar-refractivity contribution in [3.63, 3.8) is 0 Å². The van der Waals surface area contributed by atoms with Gasteiger partial charge < -0.3 is 9.64 Å². The Balaban J connectivity index is 1.56. The molecule has 6 heteroatoms. The van der Waals surface area contributed by atoms with Crippen molar-refractivity contribution < 1.29 is 9.53 Å². The first-order valence-electron chi connectivity index (χ1n) is 7.24. The van der Waals surface area contributed by atoms with Crippen molar-refractivity contribution in [3.8, 4) is 6.01 Å². The van der Waals surface area contributed by atoms with Crippen LogP contribution in [0.15, 0.2) is 55.0 Å². The molecule has 0 unspecified atom stereocenters. The molecule has 6 nitrogen and oxygen atoms in total. The van der Waals surface area contributed by atoms with Gasteiger partial charge in [0.25, 0.3) is 5.91 Å². The normalized spacial score (nSPS) is 10.5. The number of carbonyl (C=O) groups excluding carboxylic acids is 1. The second-order valence-electron chi connectivity index (χ2n) is 5.02. The molecule has 0 aliphatic heterocycles. The summed E-state index contributed by atoms with van der Waals surface area (Å²) in [5.74, 6) is -0.0737. The van der Waals surface area contributed by atoms with Crippen LogP contribution in [0.3, 0.4) is 0 Å². The van der Waals surface area contributed by atoms with E-state index in [4.69, 9.17) is 4.74 Å². The first-order chi connectivity index (χ1) is 11.2. The number of rotatable bonds is 5. The van der Waals surface area contributed by atoms with Crippen LogP contribution in [-0.4, -0.2) is 46.0 Å². The van der Waals surface area contributed by atoms with E-state index in [1.807, 2.05) is 24.3 Å². The Morgan fingerprint density at radius 2 is 1.96 bits per heavy atom. The molecule has 0 aliphatic carbocycles. The molecule has 0 saturated carbocycles. The maximum atomic E-state index is 12.2. The number of amides is 1. The predicted molar refractivity (Wildman–Crippen MR) is 86.2 cm³/mol. The molecule has 2 heterocycles. The van der Waals surface area contributed by atoms with E-state index in [1.165, 1.54) is 0 Å². The van der Waals surface area contributed by atoms with Gasteiger partial charge >= 0.3 is 6.01 Å². The van der Waals surface area contributed by atoms with E-state index in [0.717, 1.165) is 10.9 Å². The Bertz CT molecular complexity index is 808. The number of hydrogen-bond acceptors (Lipinski definition) is 5. The highest BCUT2D eigenvalue weighted by Gasteiger charge is 2.11. The van der Waals surface area contributed by atoms with Crippen LogP contribution in [0, 0.1) is 0 Å². The van der Waals surface area contributed by atoms with Crippen molar-refractivity contribution >= 4 is 16.8 Å². The number of aromatic nitrogens is 3. The minimum atomic E-state index is -0.0737. The van der Waals surface area contributed by atoms with Crippen LogP contribution in [0.25, 0.3) is 10.9 Å². The Morgan fingerprint density at radius 1 is 1.17 bits per heavy atom. The van der Waals surface area contributed by atoms with Gasteiger partial charge in [-0.15, -0.1) is 0 Å². The zero-order valence-electron chi connectivity index (χ0n) is 12.7. The Morgan fingerprint density at radius 3 is 2.78 bits per heavy atom. The van der Waals surface area contributed by atoms with Crippen molar-refractivity contribution in [2.75, 3.05) is 20.2 Å². The van der Waals surface area contributed by atoms with Gasteiger partial charge in [0.2, 0.25) is 0 Å². The summed E-state index contributed by atoms with van der Waals surface area (Å²) in [6, 6.07) is 11.4. The van der Waals surface area contributed by atoms with Crippen molar-refractivity contribution in [1.82, 2.24) is 19.9 Å². The maximum Gasteiger partial charge on any atom is 0.316 e. The van der Waals surface area contributed by atoms with Gasteiger partial charge in [0.05, 0.1) is 12.1 Å². The van der Waals surface area contributed by atoms with Crippen molar-refractivity contribution in [2.24, 2.45) is 0 Å². The smallest absolute Gasteiger partial charge is 0.316 e. The molecule has 3 rings (SSSR count). The Kier molecular flexibility index (Phi) is 4.42. The van der Waals surface area contributed by atoms with E-state index in [-0.39, 0.29) is 5.91 Å². The Labute approximate surface area is 133 Å². The number of nitrogens with zero attached hydrogens (tertiary/aromatic N) is 4. The van der Waals surface area contributed by atoms with Crippen molar-refractivity contribution in [2.45, 2.75) is 0 Å². The summed E-state index contributed by atoms with van der Waals surface area (Å²) in [4.78, 5) is 26.2. The molecule has 0 aliphatic rings. The fourth-order valence-corrected chi connectivity index (χ4v) is 2.12. The van der Waals surface area contributed by atoms with Crippen LogP contribution in [0.1, 0.15) is 10.4 Å². The maximum absolute atomic E-state index is 12.2. The van der Waals surface area contributed by atoms with E-state index >= 15 is 0 Å². The summed E-state index contributed by atoms with van der Waals surface area (Å²) in [5, 5.41) is 0.963. The summed E-state index contributed by atoms with van der Waals surface area (Å²) in [7, 11) is 1.73. The van der Waals surface area contributed by atoms with E-state index in [1.54, 1.807) is 42.7 Å². The van der Waals surface area contributed by atoms with Crippen LogP contribution >= 0.6 is 0 Å². The first-order valence-corrected chi connectivity index (χ1v) is 7.24. The van der Waals surface area contributed by atoms with Gasteiger partial charge in [-0.2, -0.15) is 4.98 Å². The summed E-state index contributed by atoms with van der Waals surface area (Å²) in [5.41, 5.74) is 1.43. The lowest BCUT2D eigenvalue weighted by atomic mass is 10.2. The lowest BCUT2D eigenvalue weighted by molar-refractivity contribution is 0.0771. The molecular weight excluding hydrogens is 292 g/mol. The highest BCUT2D eigenvalue weighted by Crippen LogP contribution is 2.12. The van der Waals surface area contributed by atoms with E-state index in [9.17, 15) is 4.79 Å². The third-order valence-corrected chi connectivity index (χ3v) is 3.40. The highest BCUT2D eigenvalue weighted by atomic mass is 16.5. The van der Waals surface area contributed by atoms with Crippen LogP contribution < -0.4 is 4.74 Å². The number of likely N-dealkylation sites (N-methyl/N-ethyl adjacent to an activating group) is 1. The lowest BCUT2D eigenvalue weighted by Crippen LogP contribution is -2.31. The molecule has 0 radical (unpaired) electrons. The number of fused-ring (bicyclic) bond motifs is 1. The average molecular weight is 308 g/mol. The van der Waals surface area contributed by atoms with Crippen molar-refractivity contribution in [3.05, 3.63) is 60.6 Å². The first kappa shape index (κ1) is 14.9. The van der Waals surface area contributed by atoms with Gasteiger partial charge in [-0.1, -0.05) is 18.2 Å². The number of hydrogen-bond donors (Lipinski definition) is 0. The summed E-state index contributed by atoms with van der Waals surface area (Å²) in [6.45, 7) is 0.767. The topological polar surface area (TPSA) is 68.2 Å². The zero-order chi connectivity index (χ0) is 16.1. The van der Waals surface area contributed by atoms with Gasteiger partial charge in [0.1, 0.15) is 6.61 Å². The SMILES string of the molecule is CN(CCOc1ncc2ccccc2n1)C(=O)c1ccncc1. The molecule has 3 aromatic rings. The molecule has 116 valence electrons. The van der Waals surface area contributed by atoms with Crippen LogP contribution in [0.4, 0.5) is 0 Å². The van der Waals surface area contributed by atoms with E-state index in [0.29, 0.717) is 24.7 Å². The molecule has 0 atom stereocenters. The summed E-state index contributed by atoms with van der Waals surface area (Å²) >= 11 is 0. The zero-order valence-corrected chi connectivity index (χ0v) is 12.7. The average Bonchev–Trinajstić information content (AvgIpc) is 2.61. The number of pyridine rings is 1. The largest absolute Gasteiger partial charge is 0.462 e. The summed E-state index contributed by atoms with van der Waals surface area (Å²) < 4.78 is 5.54. The van der Waals surface area contributed by atoms with Crippen molar-refractivity contribution in [1.29, 1.82) is 0 Å². The van der Waals surface area contributed by atoms with Gasteiger partial charge in [0.15, 0.2) is 0 Å². The van der Waals surface area contributed by atoms with Crippen LogP contribution in [0.2, 0.25) is 0 Å². The number of carbonyl (C=O) groups is 1. The van der Waals surface area contributed by atoms with Crippen LogP contribution in [-0.2, 0) is 0 Å². The number of ether oxygens (including phenoxy) is 1. The molecule has 0 fully saturated rings. The summed E-state index contributed by atoms with van der Waals surface area (Å²) in [6.07, 6.45) is 4.92. The second kappa shape index (κ2) is 6.83. The number of benzene rings is 1. The minimum absolute atomic E-state index is 0.0737. The Hall–Kier alpha value is -3.02. The van der Waals surface area contributed by atoms with Gasteiger partial charge in [0, 0.05) is 36.6 Å².